The lowest BCUT2D eigenvalue weighted by Gasteiger charge is -2.03. The maximum absolute atomic E-state index is 13.0. The number of rotatable bonds is 6. The van der Waals surface area contributed by atoms with Crippen molar-refractivity contribution in [2.24, 2.45) is 0 Å². The monoisotopic (exact) mass is 289 g/mol. The number of halogens is 1. The fraction of sp³-hybridized carbons (Fsp3) is 0.250. The summed E-state index contributed by atoms with van der Waals surface area (Å²) in [6.45, 7) is 2.07. The molecule has 0 aliphatic carbocycles. The van der Waals surface area contributed by atoms with Crippen LogP contribution in [-0.4, -0.2) is 16.5 Å². The Balaban J connectivity index is 1.85. The third-order valence-corrected chi connectivity index (χ3v) is 3.92. The summed E-state index contributed by atoms with van der Waals surface area (Å²) in [4.78, 5) is 16.9. The van der Waals surface area contributed by atoms with E-state index in [0.29, 0.717) is 12.2 Å². The third kappa shape index (κ3) is 4.46. The number of Topliss-reactive ketones (excluding diaryl/α,β-unsaturated/α-hetero) is 1. The maximum Gasteiger partial charge on any atom is 0.149 e. The molecule has 0 fully saturated rings. The summed E-state index contributed by atoms with van der Waals surface area (Å²) < 4.78 is 13.0. The predicted octanol–water partition coefficient (Wildman–Crippen LogP) is 3.69. The van der Waals surface area contributed by atoms with Crippen molar-refractivity contribution in [2.75, 3.05) is 5.75 Å². The molecule has 0 atom stereocenters. The molecule has 2 aromatic rings. The smallest absolute Gasteiger partial charge is 0.149 e. The molecule has 1 aromatic carbocycles. The Morgan fingerprint density at radius 3 is 2.80 bits per heavy atom. The summed E-state index contributed by atoms with van der Waals surface area (Å²) in [5.74, 6) is 0.149. The van der Waals surface area contributed by atoms with Crippen molar-refractivity contribution in [1.29, 1.82) is 0 Å². The molecule has 0 amide bonds. The standard InChI is InChI=1S/C16H16FNOS/c1-2-12-6-7-14(18-10-12)9-15(19)11-20-16-5-3-4-13(17)8-16/h3-8,10H,2,9,11H2,1H3. The Bertz CT molecular complexity index is 583. The first-order valence-corrected chi connectivity index (χ1v) is 7.50. The first-order valence-electron chi connectivity index (χ1n) is 6.51. The van der Waals surface area contributed by atoms with E-state index in [-0.39, 0.29) is 11.6 Å². The second kappa shape index (κ2) is 7.20. The number of nitrogens with zero attached hydrogens (tertiary/aromatic N) is 1. The van der Waals surface area contributed by atoms with Crippen LogP contribution in [-0.2, 0) is 17.6 Å². The molecule has 2 rings (SSSR count). The topological polar surface area (TPSA) is 30.0 Å². The fourth-order valence-corrected chi connectivity index (χ4v) is 2.54. The van der Waals surface area contributed by atoms with E-state index in [2.05, 4.69) is 11.9 Å². The number of hydrogen-bond donors (Lipinski definition) is 0. The number of carbonyl (C=O) groups excluding carboxylic acids is 1. The molecule has 0 aliphatic rings. The summed E-state index contributed by atoms with van der Waals surface area (Å²) in [7, 11) is 0. The fourth-order valence-electron chi connectivity index (χ4n) is 1.74. The molecule has 0 unspecified atom stereocenters. The van der Waals surface area contributed by atoms with Gasteiger partial charge in [0.05, 0.1) is 5.75 Å². The number of carbonyl (C=O) groups is 1. The number of aryl methyl sites for hydroxylation is 1. The van der Waals surface area contributed by atoms with Gasteiger partial charge in [0.1, 0.15) is 11.6 Å². The lowest BCUT2D eigenvalue weighted by molar-refractivity contribution is -0.116. The second-order valence-electron chi connectivity index (χ2n) is 4.47. The molecule has 0 bridgehead atoms. The van der Waals surface area contributed by atoms with Crippen LogP contribution in [0.4, 0.5) is 4.39 Å². The number of pyridine rings is 1. The van der Waals surface area contributed by atoms with E-state index < -0.39 is 0 Å². The molecule has 0 saturated carbocycles. The van der Waals surface area contributed by atoms with Crippen molar-refractivity contribution in [1.82, 2.24) is 4.98 Å². The van der Waals surface area contributed by atoms with Gasteiger partial charge in [0.2, 0.25) is 0 Å². The zero-order valence-corrected chi connectivity index (χ0v) is 12.1. The van der Waals surface area contributed by atoms with Gasteiger partial charge in [-0.3, -0.25) is 9.78 Å². The van der Waals surface area contributed by atoms with E-state index in [1.165, 1.54) is 23.9 Å². The van der Waals surface area contributed by atoms with Crippen molar-refractivity contribution in [3.05, 3.63) is 59.7 Å². The highest BCUT2D eigenvalue weighted by Crippen LogP contribution is 2.19. The molecule has 0 N–H and O–H groups in total. The van der Waals surface area contributed by atoms with E-state index in [0.717, 1.165) is 22.6 Å². The van der Waals surface area contributed by atoms with Crippen LogP contribution in [0.3, 0.4) is 0 Å². The van der Waals surface area contributed by atoms with Gasteiger partial charge in [-0.1, -0.05) is 19.1 Å². The molecule has 1 aromatic heterocycles. The van der Waals surface area contributed by atoms with Crippen molar-refractivity contribution in [3.63, 3.8) is 0 Å². The summed E-state index contributed by atoms with van der Waals surface area (Å²) in [5.41, 5.74) is 1.95. The number of ketones is 1. The van der Waals surface area contributed by atoms with E-state index in [1.807, 2.05) is 18.3 Å². The Morgan fingerprint density at radius 1 is 1.30 bits per heavy atom. The van der Waals surface area contributed by atoms with Crippen LogP contribution >= 0.6 is 11.8 Å². The van der Waals surface area contributed by atoms with Crippen LogP contribution in [0.1, 0.15) is 18.2 Å². The van der Waals surface area contributed by atoms with Crippen LogP contribution in [0.5, 0.6) is 0 Å². The number of thioether (sulfide) groups is 1. The SMILES string of the molecule is CCc1ccc(CC(=O)CSc2cccc(F)c2)nc1. The Kier molecular flexibility index (Phi) is 5.30. The molecular weight excluding hydrogens is 273 g/mol. The Morgan fingerprint density at radius 2 is 2.15 bits per heavy atom. The molecule has 0 radical (unpaired) electrons. The van der Waals surface area contributed by atoms with Gasteiger partial charge >= 0.3 is 0 Å². The van der Waals surface area contributed by atoms with Crippen molar-refractivity contribution < 1.29 is 9.18 Å². The van der Waals surface area contributed by atoms with Crippen molar-refractivity contribution in [3.8, 4) is 0 Å². The first-order chi connectivity index (χ1) is 9.67. The van der Waals surface area contributed by atoms with Crippen LogP contribution in [0.2, 0.25) is 0 Å². The molecular formula is C16H16FNOS. The van der Waals surface area contributed by atoms with Gasteiger partial charge in [0, 0.05) is 23.2 Å². The summed E-state index contributed by atoms with van der Waals surface area (Å²) in [6, 6.07) is 10.2. The molecule has 4 heteroatoms. The van der Waals surface area contributed by atoms with Gasteiger partial charge in [-0.2, -0.15) is 0 Å². The van der Waals surface area contributed by atoms with E-state index in [4.69, 9.17) is 0 Å². The van der Waals surface area contributed by atoms with Crippen LogP contribution in [0.15, 0.2) is 47.5 Å². The lowest BCUT2D eigenvalue weighted by Crippen LogP contribution is -2.07. The number of benzene rings is 1. The molecule has 0 spiro atoms. The van der Waals surface area contributed by atoms with E-state index >= 15 is 0 Å². The minimum Gasteiger partial charge on any atom is -0.298 e. The average molecular weight is 289 g/mol. The van der Waals surface area contributed by atoms with Gasteiger partial charge in [0.15, 0.2) is 0 Å². The number of hydrogen-bond acceptors (Lipinski definition) is 3. The normalized spacial score (nSPS) is 10.5. The predicted molar refractivity (Wildman–Crippen MR) is 79.5 cm³/mol. The van der Waals surface area contributed by atoms with Crippen LogP contribution in [0.25, 0.3) is 0 Å². The summed E-state index contributed by atoms with van der Waals surface area (Å²) in [6.07, 6.45) is 3.07. The average Bonchev–Trinajstić information content (AvgIpc) is 2.46. The molecule has 20 heavy (non-hydrogen) atoms. The zero-order valence-electron chi connectivity index (χ0n) is 11.3. The van der Waals surface area contributed by atoms with Gasteiger partial charge in [0.25, 0.3) is 0 Å². The molecule has 0 aliphatic heterocycles. The largest absolute Gasteiger partial charge is 0.298 e. The maximum atomic E-state index is 13.0. The van der Waals surface area contributed by atoms with E-state index in [1.54, 1.807) is 12.1 Å². The quantitative estimate of drug-likeness (QED) is 0.760. The van der Waals surface area contributed by atoms with E-state index in [9.17, 15) is 9.18 Å². The minimum atomic E-state index is -0.278. The Hall–Kier alpha value is -1.68. The highest BCUT2D eigenvalue weighted by Gasteiger charge is 2.06. The van der Waals surface area contributed by atoms with Crippen molar-refractivity contribution in [2.45, 2.75) is 24.7 Å². The van der Waals surface area contributed by atoms with Gasteiger partial charge in [-0.05, 0) is 36.2 Å². The lowest BCUT2D eigenvalue weighted by atomic mass is 10.1. The highest BCUT2D eigenvalue weighted by molar-refractivity contribution is 8.00. The van der Waals surface area contributed by atoms with Crippen molar-refractivity contribution >= 4 is 17.5 Å². The third-order valence-electron chi connectivity index (χ3n) is 2.87. The summed E-state index contributed by atoms with van der Waals surface area (Å²) >= 11 is 1.35. The molecule has 2 nitrogen and oxygen atoms in total. The molecule has 104 valence electrons. The second-order valence-corrected chi connectivity index (χ2v) is 5.52. The first kappa shape index (κ1) is 14.7. The van der Waals surface area contributed by atoms with Gasteiger partial charge in [-0.25, -0.2) is 4.39 Å². The van der Waals surface area contributed by atoms with Crippen LogP contribution in [0, 0.1) is 5.82 Å². The number of aromatic nitrogens is 1. The summed E-state index contributed by atoms with van der Waals surface area (Å²) in [5, 5.41) is 0. The Labute approximate surface area is 122 Å². The van der Waals surface area contributed by atoms with Gasteiger partial charge in [-0.15, -0.1) is 11.8 Å². The minimum absolute atomic E-state index is 0.0935. The highest BCUT2D eigenvalue weighted by atomic mass is 32.2. The zero-order chi connectivity index (χ0) is 14.4. The van der Waals surface area contributed by atoms with Crippen LogP contribution < -0.4 is 0 Å². The van der Waals surface area contributed by atoms with Gasteiger partial charge < -0.3 is 0 Å². The molecule has 1 heterocycles. The molecule has 0 saturated heterocycles.